The normalized spacial score (nSPS) is 11.6. The van der Waals surface area contributed by atoms with Gasteiger partial charge in [-0.3, -0.25) is 9.40 Å². The molecule has 0 unspecified atom stereocenters. The van der Waals surface area contributed by atoms with E-state index < -0.39 is 10.0 Å². The quantitative estimate of drug-likeness (QED) is 0.704. The fourth-order valence-corrected chi connectivity index (χ4v) is 4.44. The standard InChI is InChI=1S/C15H14BrN3O2S2/c1-10-8-11(5-6-12(10)16)18-23(20,21)14-9-19(2)17-15(14)13-4-3-7-22-13/h3-9,18H,1-2H3. The van der Waals surface area contributed by atoms with Gasteiger partial charge in [0.2, 0.25) is 0 Å². The van der Waals surface area contributed by atoms with Gasteiger partial charge in [0, 0.05) is 23.4 Å². The minimum absolute atomic E-state index is 0.169. The summed E-state index contributed by atoms with van der Waals surface area (Å²) < 4.78 is 30.6. The number of anilines is 1. The molecule has 1 aromatic carbocycles. The summed E-state index contributed by atoms with van der Waals surface area (Å²) >= 11 is 4.86. The summed E-state index contributed by atoms with van der Waals surface area (Å²) in [6.45, 7) is 1.91. The Kier molecular flexibility index (Phi) is 4.31. The Balaban J connectivity index is 2.02. The second kappa shape index (κ2) is 6.10. The zero-order valence-electron chi connectivity index (χ0n) is 12.4. The van der Waals surface area contributed by atoms with Gasteiger partial charge in [0.25, 0.3) is 10.0 Å². The predicted octanol–water partition coefficient (Wildman–Crippen LogP) is 4.02. The summed E-state index contributed by atoms with van der Waals surface area (Å²) in [5.41, 5.74) is 1.94. The number of nitrogens with one attached hydrogen (secondary N) is 1. The highest BCUT2D eigenvalue weighted by Gasteiger charge is 2.24. The Morgan fingerprint density at radius 2 is 2.09 bits per heavy atom. The van der Waals surface area contributed by atoms with E-state index in [-0.39, 0.29) is 4.90 Å². The number of halogens is 1. The minimum atomic E-state index is -3.72. The molecule has 3 aromatic rings. The number of aromatic nitrogens is 2. The molecule has 8 heteroatoms. The molecule has 1 N–H and O–H groups in total. The molecule has 0 aliphatic heterocycles. The third-order valence-electron chi connectivity index (χ3n) is 3.25. The Hall–Kier alpha value is -1.64. The second-order valence-corrected chi connectivity index (χ2v) is 8.52. The molecule has 3 rings (SSSR count). The molecule has 120 valence electrons. The van der Waals surface area contributed by atoms with Crippen molar-refractivity contribution in [3.63, 3.8) is 0 Å². The molecule has 2 heterocycles. The maximum absolute atomic E-state index is 12.8. The smallest absolute Gasteiger partial charge is 0.265 e. The molecule has 0 aliphatic carbocycles. The van der Waals surface area contributed by atoms with Crippen molar-refractivity contribution in [2.75, 3.05) is 4.72 Å². The van der Waals surface area contributed by atoms with E-state index in [1.807, 2.05) is 30.5 Å². The van der Waals surface area contributed by atoms with E-state index >= 15 is 0 Å². The van der Waals surface area contributed by atoms with Gasteiger partial charge in [-0.1, -0.05) is 22.0 Å². The summed E-state index contributed by atoms with van der Waals surface area (Å²) in [5, 5.41) is 6.19. The van der Waals surface area contributed by atoms with Gasteiger partial charge < -0.3 is 0 Å². The molecule has 0 radical (unpaired) electrons. The number of rotatable bonds is 4. The lowest BCUT2D eigenvalue weighted by molar-refractivity contribution is 0.601. The zero-order chi connectivity index (χ0) is 16.6. The van der Waals surface area contributed by atoms with Crippen molar-refractivity contribution in [2.24, 2.45) is 7.05 Å². The van der Waals surface area contributed by atoms with Gasteiger partial charge >= 0.3 is 0 Å². The average Bonchev–Trinajstić information content (AvgIpc) is 3.11. The maximum Gasteiger partial charge on any atom is 0.265 e. The van der Waals surface area contributed by atoms with E-state index in [0.717, 1.165) is 14.9 Å². The van der Waals surface area contributed by atoms with Crippen molar-refractivity contribution in [1.29, 1.82) is 0 Å². The van der Waals surface area contributed by atoms with E-state index in [4.69, 9.17) is 0 Å². The molecule has 0 saturated carbocycles. The topological polar surface area (TPSA) is 64.0 Å². The van der Waals surface area contributed by atoms with Crippen molar-refractivity contribution < 1.29 is 8.42 Å². The van der Waals surface area contributed by atoms with Gasteiger partial charge in [-0.05, 0) is 42.1 Å². The van der Waals surface area contributed by atoms with E-state index in [9.17, 15) is 8.42 Å². The van der Waals surface area contributed by atoms with Crippen molar-refractivity contribution in [2.45, 2.75) is 11.8 Å². The largest absolute Gasteiger partial charge is 0.280 e. The Labute approximate surface area is 147 Å². The highest BCUT2D eigenvalue weighted by Crippen LogP contribution is 2.31. The van der Waals surface area contributed by atoms with Crippen molar-refractivity contribution in [3.8, 4) is 10.6 Å². The van der Waals surface area contributed by atoms with Crippen LogP contribution in [0, 0.1) is 6.92 Å². The first-order chi connectivity index (χ1) is 10.9. The maximum atomic E-state index is 12.8. The number of nitrogens with zero attached hydrogens (tertiary/aromatic N) is 2. The van der Waals surface area contributed by atoms with Gasteiger partial charge in [0.15, 0.2) is 0 Å². The third kappa shape index (κ3) is 3.34. The van der Waals surface area contributed by atoms with Crippen LogP contribution >= 0.6 is 27.3 Å². The lowest BCUT2D eigenvalue weighted by atomic mass is 10.2. The first-order valence-corrected chi connectivity index (χ1v) is 9.89. The lowest BCUT2D eigenvalue weighted by Gasteiger charge is -2.09. The fourth-order valence-electron chi connectivity index (χ4n) is 2.17. The Morgan fingerprint density at radius 3 is 2.74 bits per heavy atom. The highest BCUT2D eigenvalue weighted by molar-refractivity contribution is 9.10. The number of hydrogen-bond acceptors (Lipinski definition) is 4. The fraction of sp³-hybridized carbons (Fsp3) is 0.133. The van der Waals surface area contributed by atoms with Crippen LogP contribution in [-0.4, -0.2) is 18.2 Å². The first-order valence-electron chi connectivity index (χ1n) is 6.73. The second-order valence-electron chi connectivity index (χ2n) is 5.06. The van der Waals surface area contributed by atoms with Gasteiger partial charge in [-0.2, -0.15) is 5.10 Å². The lowest BCUT2D eigenvalue weighted by Crippen LogP contribution is -2.13. The van der Waals surface area contributed by atoms with Crippen LogP contribution in [0.1, 0.15) is 5.56 Å². The minimum Gasteiger partial charge on any atom is -0.280 e. The highest BCUT2D eigenvalue weighted by atomic mass is 79.9. The number of sulfonamides is 1. The predicted molar refractivity (Wildman–Crippen MR) is 96.2 cm³/mol. The third-order valence-corrected chi connectivity index (χ3v) is 6.40. The van der Waals surface area contributed by atoms with Crippen LogP contribution < -0.4 is 4.72 Å². The van der Waals surface area contributed by atoms with Crippen LogP contribution in [0.4, 0.5) is 5.69 Å². The van der Waals surface area contributed by atoms with Crippen LogP contribution in [0.3, 0.4) is 0 Å². The molecule has 2 aromatic heterocycles. The summed E-state index contributed by atoms with van der Waals surface area (Å²) in [5.74, 6) is 0. The van der Waals surface area contributed by atoms with Crippen LogP contribution in [-0.2, 0) is 17.1 Å². The SMILES string of the molecule is Cc1cc(NS(=O)(=O)c2cn(C)nc2-c2cccs2)ccc1Br. The van der Waals surface area contributed by atoms with Crippen molar-refractivity contribution in [3.05, 3.63) is 51.9 Å². The van der Waals surface area contributed by atoms with Crippen LogP contribution in [0.2, 0.25) is 0 Å². The molecule has 5 nitrogen and oxygen atoms in total. The molecule has 0 fully saturated rings. The average molecular weight is 412 g/mol. The van der Waals surface area contributed by atoms with Crippen molar-refractivity contribution >= 4 is 43.0 Å². The summed E-state index contributed by atoms with van der Waals surface area (Å²) in [6, 6.07) is 9.04. The Morgan fingerprint density at radius 1 is 1.30 bits per heavy atom. The number of hydrogen-bond donors (Lipinski definition) is 1. The molecule has 0 amide bonds. The molecule has 0 aliphatic rings. The first kappa shape index (κ1) is 16.2. The van der Waals surface area contributed by atoms with Crippen molar-refractivity contribution in [1.82, 2.24) is 9.78 Å². The molecule has 0 saturated heterocycles. The molecular formula is C15H14BrN3O2S2. The summed E-state index contributed by atoms with van der Waals surface area (Å²) in [6.07, 6.45) is 1.52. The van der Waals surface area contributed by atoms with Crippen LogP contribution in [0.15, 0.2) is 51.3 Å². The molecule has 23 heavy (non-hydrogen) atoms. The van der Waals surface area contributed by atoms with Gasteiger partial charge in [-0.15, -0.1) is 11.3 Å². The summed E-state index contributed by atoms with van der Waals surface area (Å²) in [7, 11) is -2.01. The molecule has 0 bridgehead atoms. The van der Waals surface area contributed by atoms with Crippen LogP contribution in [0.5, 0.6) is 0 Å². The van der Waals surface area contributed by atoms with E-state index in [1.54, 1.807) is 19.2 Å². The van der Waals surface area contributed by atoms with E-state index in [1.165, 1.54) is 22.2 Å². The van der Waals surface area contributed by atoms with E-state index in [2.05, 4.69) is 25.8 Å². The summed E-state index contributed by atoms with van der Waals surface area (Å²) in [4.78, 5) is 0.987. The van der Waals surface area contributed by atoms with Crippen LogP contribution in [0.25, 0.3) is 10.6 Å². The molecule has 0 atom stereocenters. The van der Waals surface area contributed by atoms with Gasteiger partial charge in [-0.25, -0.2) is 8.42 Å². The molecule has 0 spiro atoms. The van der Waals surface area contributed by atoms with E-state index in [0.29, 0.717) is 11.4 Å². The zero-order valence-corrected chi connectivity index (χ0v) is 15.7. The monoisotopic (exact) mass is 411 g/mol. The molecular weight excluding hydrogens is 398 g/mol. The van der Waals surface area contributed by atoms with Gasteiger partial charge in [0.05, 0.1) is 4.88 Å². The number of benzene rings is 1. The number of aryl methyl sites for hydroxylation is 2. The number of thiophene rings is 1. The Bertz CT molecular complexity index is 947. The van der Waals surface area contributed by atoms with Gasteiger partial charge in [0.1, 0.15) is 10.6 Å².